The zero-order valence-electron chi connectivity index (χ0n) is 9.57. The third-order valence-electron chi connectivity index (χ3n) is 2.33. The molecule has 0 aliphatic carbocycles. The summed E-state index contributed by atoms with van der Waals surface area (Å²) in [4.78, 5) is 10.4. The van der Waals surface area contributed by atoms with Crippen LogP contribution in [0.25, 0.3) is 0 Å². The highest BCUT2D eigenvalue weighted by atomic mass is 35.5. The van der Waals surface area contributed by atoms with Crippen LogP contribution < -0.4 is 4.74 Å². The first-order chi connectivity index (χ1) is 9.40. The summed E-state index contributed by atoms with van der Waals surface area (Å²) in [5, 5.41) is 11.3. The molecule has 2 rings (SSSR count). The van der Waals surface area contributed by atoms with Crippen molar-refractivity contribution in [3.63, 3.8) is 0 Å². The normalized spacial score (nSPS) is 10.4. The van der Waals surface area contributed by atoms with Crippen LogP contribution in [0.1, 0.15) is 0 Å². The fourth-order valence-electron chi connectivity index (χ4n) is 1.44. The summed E-state index contributed by atoms with van der Waals surface area (Å²) < 4.78 is 5.41. The maximum atomic E-state index is 11.1. The van der Waals surface area contributed by atoms with Gasteiger partial charge in [0.25, 0.3) is 0 Å². The van der Waals surface area contributed by atoms with Crippen molar-refractivity contribution in [3.05, 3.63) is 60.5 Å². The standard InChI is InChI=1S/C12H5Cl4NO3/c13-6-1-3-7(4-2-6)20-9-5-8(14)10(15)11(16)12(9)17(18)19/h1-5H. The van der Waals surface area contributed by atoms with Crippen molar-refractivity contribution >= 4 is 52.1 Å². The molecule has 4 nitrogen and oxygen atoms in total. The molecule has 0 saturated carbocycles. The molecule has 0 spiro atoms. The van der Waals surface area contributed by atoms with Crippen LogP contribution in [0.15, 0.2) is 30.3 Å². The van der Waals surface area contributed by atoms with Crippen molar-refractivity contribution in [2.24, 2.45) is 0 Å². The van der Waals surface area contributed by atoms with E-state index in [1.54, 1.807) is 24.3 Å². The molecule has 20 heavy (non-hydrogen) atoms. The van der Waals surface area contributed by atoms with Crippen molar-refractivity contribution in [2.45, 2.75) is 0 Å². The van der Waals surface area contributed by atoms with Gasteiger partial charge >= 0.3 is 5.69 Å². The summed E-state index contributed by atoms with van der Waals surface area (Å²) >= 11 is 23.2. The highest BCUT2D eigenvalue weighted by Crippen LogP contribution is 2.45. The monoisotopic (exact) mass is 351 g/mol. The summed E-state index contributed by atoms with van der Waals surface area (Å²) in [6, 6.07) is 7.52. The van der Waals surface area contributed by atoms with E-state index in [9.17, 15) is 10.1 Å². The zero-order chi connectivity index (χ0) is 14.9. The molecule has 0 bridgehead atoms. The van der Waals surface area contributed by atoms with Gasteiger partial charge in [-0.3, -0.25) is 10.1 Å². The molecule has 0 aliphatic heterocycles. The Kier molecular flexibility index (Phi) is 4.60. The third kappa shape index (κ3) is 3.10. The first-order valence-corrected chi connectivity index (χ1v) is 6.66. The Morgan fingerprint density at radius 1 is 1.00 bits per heavy atom. The number of rotatable bonds is 3. The maximum absolute atomic E-state index is 11.1. The lowest BCUT2D eigenvalue weighted by molar-refractivity contribution is -0.385. The highest BCUT2D eigenvalue weighted by molar-refractivity contribution is 6.49. The van der Waals surface area contributed by atoms with Crippen LogP contribution >= 0.6 is 46.4 Å². The van der Waals surface area contributed by atoms with Crippen LogP contribution in [0.4, 0.5) is 5.69 Å². The number of nitro groups is 1. The topological polar surface area (TPSA) is 52.4 Å². The lowest BCUT2D eigenvalue weighted by Crippen LogP contribution is -1.95. The summed E-state index contributed by atoms with van der Waals surface area (Å²) in [6.45, 7) is 0. The molecule has 0 aromatic heterocycles. The molecule has 8 heteroatoms. The van der Waals surface area contributed by atoms with E-state index in [0.717, 1.165) is 0 Å². The number of nitrogens with zero attached hydrogens (tertiary/aromatic N) is 1. The Hall–Kier alpha value is -1.20. The zero-order valence-corrected chi connectivity index (χ0v) is 12.6. The quantitative estimate of drug-likeness (QED) is 0.386. The van der Waals surface area contributed by atoms with Gasteiger partial charge in [0.1, 0.15) is 10.8 Å². The van der Waals surface area contributed by atoms with Gasteiger partial charge in [0.05, 0.1) is 15.0 Å². The number of nitro benzene ring substituents is 1. The number of hydrogen-bond acceptors (Lipinski definition) is 3. The fraction of sp³-hybridized carbons (Fsp3) is 0. The number of benzene rings is 2. The van der Waals surface area contributed by atoms with Crippen LogP contribution in [0.2, 0.25) is 20.1 Å². The highest BCUT2D eigenvalue weighted by Gasteiger charge is 2.25. The van der Waals surface area contributed by atoms with E-state index in [1.807, 2.05) is 0 Å². The van der Waals surface area contributed by atoms with Crippen LogP contribution in [0.3, 0.4) is 0 Å². The van der Waals surface area contributed by atoms with E-state index in [1.165, 1.54) is 6.07 Å². The van der Waals surface area contributed by atoms with Gasteiger partial charge in [-0.25, -0.2) is 0 Å². The van der Waals surface area contributed by atoms with Gasteiger partial charge in [-0.1, -0.05) is 46.4 Å². The molecule has 0 amide bonds. The van der Waals surface area contributed by atoms with Crippen molar-refractivity contribution in [2.75, 3.05) is 0 Å². The SMILES string of the molecule is O=[N+]([O-])c1c(Oc2ccc(Cl)cc2)cc(Cl)c(Cl)c1Cl. The summed E-state index contributed by atoms with van der Waals surface area (Å²) in [5.41, 5.74) is -0.448. The van der Waals surface area contributed by atoms with Gasteiger partial charge in [-0.2, -0.15) is 0 Å². The molecule has 0 atom stereocenters. The maximum Gasteiger partial charge on any atom is 0.331 e. The second-order valence-electron chi connectivity index (χ2n) is 3.65. The van der Waals surface area contributed by atoms with E-state index in [4.69, 9.17) is 51.1 Å². The number of ether oxygens (including phenoxy) is 1. The van der Waals surface area contributed by atoms with E-state index in [0.29, 0.717) is 10.8 Å². The lowest BCUT2D eigenvalue weighted by Gasteiger charge is -2.09. The Balaban J connectivity index is 2.50. The molecule has 0 radical (unpaired) electrons. The average Bonchev–Trinajstić information content (AvgIpc) is 2.38. The van der Waals surface area contributed by atoms with Gasteiger partial charge < -0.3 is 4.74 Å². The molecule has 2 aromatic rings. The van der Waals surface area contributed by atoms with Crippen molar-refractivity contribution in [1.82, 2.24) is 0 Å². The summed E-state index contributed by atoms with van der Waals surface area (Å²) in [6.07, 6.45) is 0. The van der Waals surface area contributed by atoms with E-state index in [2.05, 4.69) is 0 Å². The molecule has 0 saturated heterocycles. The summed E-state index contributed by atoms with van der Waals surface area (Å²) in [7, 11) is 0. The first-order valence-electron chi connectivity index (χ1n) is 5.15. The Morgan fingerprint density at radius 2 is 1.60 bits per heavy atom. The molecule has 0 aliphatic rings. The lowest BCUT2D eigenvalue weighted by atomic mass is 10.3. The minimum Gasteiger partial charge on any atom is -0.450 e. The molecule has 2 aromatic carbocycles. The molecule has 104 valence electrons. The molecule has 0 N–H and O–H groups in total. The van der Waals surface area contributed by atoms with Crippen LogP contribution in [0.5, 0.6) is 11.5 Å². The first kappa shape index (κ1) is 15.2. The molecule has 0 unspecified atom stereocenters. The average molecular weight is 353 g/mol. The summed E-state index contributed by atoms with van der Waals surface area (Å²) in [5.74, 6) is 0.253. The largest absolute Gasteiger partial charge is 0.450 e. The predicted molar refractivity (Wildman–Crippen MR) is 79.7 cm³/mol. The fourth-order valence-corrected chi connectivity index (χ4v) is 2.22. The molecular formula is C12H5Cl4NO3. The Labute approximate surface area is 133 Å². The van der Waals surface area contributed by atoms with Crippen LogP contribution in [-0.4, -0.2) is 4.92 Å². The number of halogens is 4. The van der Waals surface area contributed by atoms with Gasteiger partial charge in [0.2, 0.25) is 5.75 Å². The third-order valence-corrected chi connectivity index (χ3v) is 3.83. The van der Waals surface area contributed by atoms with Crippen LogP contribution in [-0.2, 0) is 0 Å². The van der Waals surface area contributed by atoms with Crippen molar-refractivity contribution in [3.8, 4) is 11.5 Å². The second kappa shape index (κ2) is 6.06. The Morgan fingerprint density at radius 3 is 2.15 bits per heavy atom. The van der Waals surface area contributed by atoms with Crippen molar-refractivity contribution in [1.29, 1.82) is 0 Å². The van der Waals surface area contributed by atoms with Gasteiger partial charge in [0.15, 0.2) is 0 Å². The smallest absolute Gasteiger partial charge is 0.331 e. The minimum atomic E-state index is -0.685. The van der Waals surface area contributed by atoms with Crippen LogP contribution in [0, 0.1) is 10.1 Å². The van der Waals surface area contributed by atoms with Gasteiger partial charge in [-0.05, 0) is 24.3 Å². The minimum absolute atomic E-state index is 0.0613. The van der Waals surface area contributed by atoms with Gasteiger partial charge in [-0.15, -0.1) is 0 Å². The van der Waals surface area contributed by atoms with Gasteiger partial charge in [0, 0.05) is 11.1 Å². The predicted octanol–water partition coefficient (Wildman–Crippen LogP) is 6.00. The number of hydrogen-bond donors (Lipinski definition) is 0. The molecule has 0 heterocycles. The Bertz CT molecular complexity index is 673. The van der Waals surface area contributed by atoms with Crippen molar-refractivity contribution < 1.29 is 9.66 Å². The van der Waals surface area contributed by atoms with E-state index in [-0.39, 0.29) is 20.8 Å². The second-order valence-corrected chi connectivity index (χ2v) is 5.25. The van der Waals surface area contributed by atoms with E-state index < -0.39 is 10.6 Å². The molecular weight excluding hydrogens is 348 g/mol. The van der Waals surface area contributed by atoms with E-state index >= 15 is 0 Å². The molecule has 0 fully saturated rings.